The van der Waals surface area contributed by atoms with Gasteiger partial charge in [-0.05, 0) is 23.8 Å². The number of methoxy groups -OCH3 is 1. The maximum atomic E-state index is 13.1. The van der Waals surface area contributed by atoms with Crippen molar-refractivity contribution in [2.24, 2.45) is 0 Å². The summed E-state index contributed by atoms with van der Waals surface area (Å²) in [7, 11) is 1.56. The molecule has 1 N–H and O–H groups in total. The molecule has 0 unspecified atom stereocenters. The maximum absolute atomic E-state index is 13.1. The zero-order valence-electron chi connectivity index (χ0n) is 23.6. The number of fused-ring (bicyclic) bond motifs is 1. The van der Waals surface area contributed by atoms with E-state index in [0.29, 0.717) is 43.0 Å². The summed E-state index contributed by atoms with van der Waals surface area (Å²) in [4.78, 5) is 30.5. The summed E-state index contributed by atoms with van der Waals surface area (Å²) < 4.78 is 44.0. The Morgan fingerprint density at radius 2 is 1.84 bits per heavy atom. The van der Waals surface area contributed by atoms with Gasteiger partial charge in [0.25, 0.3) is 5.91 Å². The fourth-order valence-corrected chi connectivity index (χ4v) is 4.70. The highest BCUT2D eigenvalue weighted by molar-refractivity contribution is 5.85. The summed E-state index contributed by atoms with van der Waals surface area (Å²) in [5.74, 6) is 1.30. The Hall–Kier alpha value is -5.00. The number of benzene rings is 1. The third-order valence-corrected chi connectivity index (χ3v) is 6.74. The lowest BCUT2D eigenvalue weighted by Crippen LogP contribution is -2.50. The lowest BCUT2D eigenvalue weighted by Gasteiger charge is -2.36. The normalized spacial score (nSPS) is 13.9. The predicted molar refractivity (Wildman–Crippen MR) is 153 cm³/mol. The number of halogens is 3. The van der Waals surface area contributed by atoms with E-state index < -0.39 is 18.6 Å². The van der Waals surface area contributed by atoms with Crippen LogP contribution in [0.15, 0.2) is 67.1 Å². The van der Waals surface area contributed by atoms with Gasteiger partial charge in [-0.25, -0.2) is 9.50 Å². The van der Waals surface area contributed by atoms with Crippen LogP contribution < -0.4 is 9.64 Å². The molecule has 14 heteroatoms. The second-order valence-electron chi connectivity index (χ2n) is 9.53. The number of aliphatic hydroxyl groups is 1. The van der Waals surface area contributed by atoms with Crippen LogP contribution in [0.5, 0.6) is 5.75 Å². The number of hydrogen-bond acceptors (Lipinski definition) is 9. The number of rotatable bonds is 8. The number of piperazine rings is 1. The molecule has 1 atom stereocenters. The maximum Gasteiger partial charge on any atom is 0.446 e. The Balaban J connectivity index is 0.000000670. The van der Waals surface area contributed by atoms with Gasteiger partial charge in [0.1, 0.15) is 24.2 Å². The van der Waals surface area contributed by atoms with Gasteiger partial charge >= 0.3 is 6.18 Å². The molecular weight excluding hydrogens is 581 g/mol. The number of nitriles is 1. The highest BCUT2D eigenvalue weighted by Crippen LogP contribution is 2.31. The molecule has 230 valence electrons. The van der Waals surface area contributed by atoms with E-state index in [4.69, 9.17) is 24.4 Å². The van der Waals surface area contributed by atoms with Crippen molar-refractivity contribution in [2.45, 2.75) is 12.3 Å². The molecule has 1 fully saturated rings. The van der Waals surface area contributed by atoms with Crippen molar-refractivity contribution in [3.8, 4) is 22.9 Å². The zero-order valence-corrected chi connectivity index (χ0v) is 23.6. The van der Waals surface area contributed by atoms with E-state index in [9.17, 15) is 23.2 Å². The number of aliphatic hydroxyl groups excluding tert-OH is 1. The first-order valence-corrected chi connectivity index (χ1v) is 13.4. The molecule has 1 aliphatic heterocycles. The number of ether oxygens (including phenoxy) is 2. The number of amides is 1. The van der Waals surface area contributed by atoms with Gasteiger partial charge in [0, 0.05) is 50.6 Å². The minimum Gasteiger partial charge on any atom is -0.490 e. The van der Waals surface area contributed by atoms with Crippen LogP contribution >= 0.6 is 0 Å². The van der Waals surface area contributed by atoms with Gasteiger partial charge in [0.2, 0.25) is 6.29 Å². The summed E-state index contributed by atoms with van der Waals surface area (Å²) in [6, 6.07) is 17.4. The van der Waals surface area contributed by atoms with Gasteiger partial charge in [0.05, 0.1) is 30.1 Å². The highest BCUT2D eigenvalue weighted by Gasteiger charge is 2.29. The fraction of sp³-hybridized carbons (Fsp3) is 0.300. The average Bonchev–Trinajstić information content (AvgIpc) is 3.47. The van der Waals surface area contributed by atoms with Crippen LogP contribution in [-0.2, 0) is 14.3 Å². The third kappa shape index (κ3) is 7.68. The van der Waals surface area contributed by atoms with Crippen molar-refractivity contribution in [1.29, 1.82) is 5.26 Å². The number of carbonyl (C=O) groups excluding carboxylic acids is 2. The summed E-state index contributed by atoms with van der Waals surface area (Å²) in [6.45, 7) is 2.49. The minimum absolute atomic E-state index is 0.0388. The number of aromatic nitrogens is 3. The van der Waals surface area contributed by atoms with Crippen molar-refractivity contribution in [2.75, 3.05) is 51.4 Å². The van der Waals surface area contributed by atoms with E-state index in [1.54, 1.807) is 24.0 Å². The largest absolute Gasteiger partial charge is 0.490 e. The molecule has 3 aromatic heterocycles. The molecule has 5 rings (SSSR count). The SMILES string of the molecule is CO[C@@H](C(=O)N1CCN(c2ccc(-c3cc(OCCO)cn4ncc(C#N)c34)cn2)CC1)c1ccccc1.O=CC(F)(F)F. The van der Waals surface area contributed by atoms with Gasteiger partial charge in [-0.2, -0.15) is 23.5 Å². The van der Waals surface area contributed by atoms with Crippen LogP contribution in [0.25, 0.3) is 16.6 Å². The molecule has 4 heterocycles. The lowest BCUT2D eigenvalue weighted by molar-refractivity contribution is -0.156. The Morgan fingerprint density at radius 1 is 1.14 bits per heavy atom. The van der Waals surface area contributed by atoms with Crippen LogP contribution in [0, 0.1) is 11.3 Å². The Bertz CT molecular complexity index is 1600. The second kappa shape index (κ2) is 14.5. The van der Waals surface area contributed by atoms with Crippen LogP contribution in [-0.4, -0.2) is 89.5 Å². The van der Waals surface area contributed by atoms with Gasteiger partial charge < -0.3 is 24.4 Å². The molecule has 4 aromatic rings. The summed E-state index contributed by atoms with van der Waals surface area (Å²) in [5.41, 5.74) is 3.53. The summed E-state index contributed by atoms with van der Waals surface area (Å²) in [5, 5.41) is 23.0. The number of anilines is 1. The van der Waals surface area contributed by atoms with E-state index in [0.717, 1.165) is 22.5 Å². The van der Waals surface area contributed by atoms with Crippen molar-refractivity contribution in [3.05, 3.63) is 78.2 Å². The van der Waals surface area contributed by atoms with Crippen molar-refractivity contribution >= 4 is 23.5 Å². The summed E-state index contributed by atoms with van der Waals surface area (Å²) >= 11 is 0. The number of nitrogens with zero attached hydrogens (tertiary/aromatic N) is 6. The molecule has 1 saturated heterocycles. The number of aldehydes is 1. The Labute approximate surface area is 250 Å². The molecule has 0 bridgehead atoms. The Morgan fingerprint density at radius 3 is 2.41 bits per heavy atom. The van der Waals surface area contributed by atoms with E-state index in [2.05, 4.69) is 16.1 Å². The first-order chi connectivity index (χ1) is 21.2. The standard InChI is InChI=1S/C28H28N6O4.C2HF3O/c1-37-27(20-5-3-2-4-6-20)28(36)33-11-9-32(10-12-33)25-8-7-21(17-30-25)24-15-23(38-14-13-35)19-34-26(24)22(16-29)18-31-34;3-2(4,5)1-6/h2-8,15,17-19,27,35H,9-14H2,1H3;1H/t27-;/m1./s1. The van der Waals surface area contributed by atoms with Gasteiger partial charge in [-0.3, -0.25) is 9.59 Å². The minimum atomic E-state index is -4.64. The van der Waals surface area contributed by atoms with Gasteiger partial charge in [-0.15, -0.1) is 0 Å². The molecule has 0 aliphatic carbocycles. The highest BCUT2D eigenvalue weighted by atomic mass is 19.4. The zero-order chi connectivity index (χ0) is 31.7. The molecule has 1 aromatic carbocycles. The van der Waals surface area contributed by atoms with E-state index in [1.165, 1.54) is 6.20 Å². The number of pyridine rings is 2. The van der Waals surface area contributed by atoms with Crippen LogP contribution in [0.4, 0.5) is 19.0 Å². The second-order valence-corrected chi connectivity index (χ2v) is 9.53. The molecule has 11 nitrogen and oxygen atoms in total. The van der Waals surface area contributed by atoms with Crippen LogP contribution in [0.1, 0.15) is 17.2 Å². The topological polar surface area (TPSA) is 133 Å². The van der Waals surface area contributed by atoms with Crippen molar-refractivity contribution in [1.82, 2.24) is 19.5 Å². The molecule has 1 amide bonds. The van der Waals surface area contributed by atoms with E-state index >= 15 is 0 Å². The predicted octanol–water partition coefficient (Wildman–Crippen LogP) is 3.42. The molecule has 44 heavy (non-hydrogen) atoms. The third-order valence-electron chi connectivity index (χ3n) is 6.74. The van der Waals surface area contributed by atoms with Crippen molar-refractivity contribution in [3.63, 3.8) is 0 Å². The number of carbonyl (C=O) groups is 2. The molecule has 0 radical (unpaired) electrons. The smallest absolute Gasteiger partial charge is 0.446 e. The molecule has 0 saturated carbocycles. The first-order valence-electron chi connectivity index (χ1n) is 13.4. The van der Waals surface area contributed by atoms with E-state index in [1.807, 2.05) is 53.4 Å². The average molecular weight is 611 g/mol. The first kappa shape index (κ1) is 31.9. The molecular formula is C30H29F3N6O5. The Kier molecular flexibility index (Phi) is 10.5. The van der Waals surface area contributed by atoms with Gasteiger partial charge in [0.15, 0.2) is 6.10 Å². The monoisotopic (exact) mass is 610 g/mol. The lowest BCUT2D eigenvalue weighted by atomic mass is 10.1. The van der Waals surface area contributed by atoms with E-state index in [-0.39, 0.29) is 19.1 Å². The quantitative estimate of drug-likeness (QED) is 0.298. The number of alkyl halides is 3. The van der Waals surface area contributed by atoms with Crippen LogP contribution in [0.3, 0.4) is 0 Å². The fourth-order valence-electron chi connectivity index (χ4n) is 4.70. The summed E-state index contributed by atoms with van der Waals surface area (Å²) in [6.07, 6.45) is -1.35. The molecule has 0 spiro atoms. The van der Waals surface area contributed by atoms with Crippen LogP contribution in [0.2, 0.25) is 0 Å². The van der Waals surface area contributed by atoms with Gasteiger partial charge in [-0.1, -0.05) is 30.3 Å². The number of hydrogen-bond donors (Lipinski definition) is 1. The molecule has 1 aliphatic rings. The van der Waals surface area contributed by atoms with Crippen molar-refractivity contribution < 1.29 is 37.3 Å².